The van der Waals surface area contributed by atoms with Crippen LogP contribution in [-0.4, -0.2) is 53.6 Å². The lowest BCUT2D eigenvalue weighted by molar-refractivity contribution is -0.131. The van der Waals surface area contributed by atoms with E-state index in [0.29, 0.717) is 23.1 Å². The van der Waals surface area contributed by atoms with E-state index in [1.807, 2.05) is 13.0 Å². The van der Waals surface area contributed by atoms with Gasteiger partial charge >= 0.3 is 0 Å². The maximum Gasteiger partial charge on any atom is 0.236 e. The van der Waals surface area contributed by atoms with Crippen LogP contribution < -0.4 is 0 Å². The number of aliphatic hydroxyl groups is 1. The first-order valence-electron chi connectivity index (χ1n) is 7.45. The predicted octanol–water partition coefficient (Wildman–Crippen LogP) is 2.65. The third-order valence-electron chi connectivity index (χ3n) is 4.18. The molecule has 22 heavy (non-hydrogen) atoms. The van der Waals surface area contributed by atoms with E-state index in [0.717, 1.165) is 25.1 Å². The SMILES string of the molecule is CC(O)C1CCN(CC(=O)N(C)Cc2ccc(Cl)c(Cl)c2)C1. The molecule has 1 amide bonds. The monoisotopic (exact) mass is 344 g/mol. The molecule has 6 heteroatoms. The molecule has 1 aromatic rings. The first-order chi connectivity index (χ1) is 10.4. The van der Waals surface area contributed by atoms with Gasteiger partial charge in [0.1, 0.15) is 0 Å². The summed E-state index contributed by atoms with van der Waals surface area (Å²) < 4.78 is 0. The smallest absolute Gasteiger partial charge is 0.236 e. The van der Waals surface area contributed by atoms with E-state index in [1.165, 1.54) is 0 Å². The molecule has 1 heterocycles. The minimum Gasteiger partial charge on any atom is -0.393 e. The molecule has 0 aliphatic carbocycles. The second-order valence-corrected chi connectivity index (χ2v) is 6.84. The minimum absolute atomic E-state index is 0.0670. The summed E-state index contributed by atoms with van der Waals surface area (Å²) in [5, 5.41) is 10.6. The number of hydrogen-bond acceptors (Lipinski definition) is 3. The predicted molar refractivity (Wildman–Crippen MR) is 89.2 cm³/mol. The molecule has 1 N–H and O–H groups in total. The summed E-state index contributed by atoms with van der Waals surface area (Å²) in [4.78, 5) is 16.1. The maximum absolute atomic E-state index is 12.3. The number of likely N-dealkylation sites (N-methyl/N-ethyl adjacent to an activating group) is 1. The highest BCUT2D eigenvalue weighted by molar-refractivity contribution is 6.42. The molecular formula is C16H22Cl2N2O2. The number of carbonyl (C=O) groups is 1. The third-order valence-corrected chi connectivity index (χ3v) is 4.92. The Morgan fingerprint density at radius 3 is 2.77 bits per heavy atom. The van der Waals surface area contributed by atoms with Gasteiger partial charge in [-0.1, -0.05) is 29.3 Å². The number of hydrogen-bond donors (Lipinski definition) is 1. The first-order valence-corrected chi connectivity index (χ1v) is 8.20. The zero-order valence-electron chi connectivity index (χ0n) is 12.9. The highest BCUT2D eigenvalue weighted by atomic mass is 35.5. The standard InChI is InChI=1S/C16H22Cl2N2O2/c1-11(21)13-5-6-20(9-13)10-16(22)19(2)8-12-3-4-14(17)15(18)7-12/h3-4,7,11,13,21H,5-6,8-10H2,1-2H3. The van der Waals surface area contributed by atoms with Gasteiger partial charge in [-0.3, -0.25) is 9.69 Å². The van der Waals surface area contributed by atoms with Crippen molar-refractivity contribution >= 4 is 29.1 Å². The third kappa shape index (κ3) is 4.59. The molecule has 1 fully saturated rings. The summed E-state index contributed by atoms with van der Waals surface area (Å²) >= 11 is 11.9. The molecule has 0 bridgehead atoms. The van der Waals surface area contributed by atoms with Crippen molar-refractivity contribution in [2.75, 3.05) is 26.7 Å². The number of amides is 1. The van der Waals surface area contributed by atoms with Gasteiger partial charge in [0.25, 0.3) is 0 Å². The largest absolute Gasteiger partial charge is 0.393 e. The van der Waals surface area contributed by atoms with Gasteiger partial charge in [0.05, 0.1) is 22.7 Å². The van der Waals surface area contributed by atoms with Crippen LogP contribution in [0.1, 0.15) is 18.9 Å². The summed E-state index contributed by atoms with van der Waals surface area (Å²) in [7, 11) is 1.78. The Hall–Kier alpha value is -0.810. The molecule has 122 valence electrons. The van der Waals surface area contributed by atoms with Crippen LogP contribution in [0.2, 0.25) is 10.0 Å². The van der Waals surface area contributed by atoms with Crippen molar-refractivity contribution in [2.45, 2.75) is 26.0 Å². The van der Waals surface area contributed by atoms with E-state index in [2.05, 4.69) is 4.90 Å². The Labute approximate surface area is 141 Å². The average Bonchev–Trinajstić information content (AvgIpc) is 2.91. The van der Waals surface area contributed by atoms with Gasteiger partial charge in [-0.15, -0.1) is 0 Å². The van der Waals surface area contributed by atoms with Crippen molar-refractivity contribution in [1.29, 1.82) is 0 Å². The lowest BCUT2D eigenvalue weighted by Crippen LogP contribution is -2.37. The number of rotatable bonds is 5. The summed E-state index contributed by atoms with van der Waals surface area (Å²) in [6, 6.07) is 5.40. The van der Waals surface area contributed by atoms with Crippen LogP contribution in [0.3, 0.4) is 0 Å². The number of likely N-dealkylation sites (tertiary alicyclic amines) is 1. The van der Waals surface area contributed by atoms with Gasteiger partial charge in [-0.05, 0) is 43.5 Å². The van der Waals surface area contributed by atoms with Crippen LogP contribution in [0.15, 0.2) is 18.2 Å². The van der Waals surface area contributed by atoms with Crippen LogP contribution in [0.5, 0.6) is 0 Å². The van der Waals surface area contributed by atoms with E-state index in [4.69, 9.17) is 23.2 Å². The molecule has 2 atom stereocenters. The highest BCUT2D eigenvalue weighted by Crippen LogP contribution is 2.23. The van der Waals surface area contributed by atoms with Crippen LogP contribution in [0, 0.1) is 5.92 Å². The second-order valence-electron chi connectivity index (χ2n) is 6.02. The normalized spacial score (nSPS) is 20.1. The van der Waals surface area contributed by atoms with Crippen molar-refractivity contribution in [3.05, 3.63) is 33.8 Å². The fourth-order valence-corrected chi connectivity index (χ4v) is 3.03. The zero-order chi connectivity index (χ0) is 16.3. The quantitative estimate of drug-likeness (QED) is 0.892. The summed E-state index contributed by atoms with van der Waals surface area (Å²) in [5.74, 6) is 0.338. The Kier molecular flexibility index (Phi) is 6.09. The number of aliphatic hydroxyl groups excluding tert-OH is 1. The molecule has 0 aromatic heterocycles. The topological polar surface area (TPSA) is 43.8 Å². The van der Waals surface area contributed by atoms with Gasteiger partial charge < -0.3 is 10.0 Å². The van der Waals surface area contributed by atoms with Crippen LogP contribution >= 0.6 is 23.2 Å². The van der Waals surface area contributed by atoms with E-state index < -0.39 is 0 Å². The van der Waals surface area contributed by atoms with Gasteiger partial charge in [0.2, 0.25) is 5.91 Å². The molecule has 1 aliphatic heterocycles. The summed E-state index contributed by atoms with van der Waals surface area (Å²) in [6.45, 7) is 4.35. The molecule has 4 nitrogen and oxygen atoms in total. The Morgan fingerprint density at radius 2 is 2.18 bits per heavy atom. The number of nitrogens with zero attached hydrogens (tertiary/aromatic N) is 2. The van der Waals surface area contributed by atoms with Crippen molar-refractivity contribution in [3.63, 3.8) is 0 Å². The lowest BCUT2D eigenvalue weighted by Gasteiger charge is -2.22. The van der Waals surface area contributed by atoms with Gasteiger partial charge in [0, 0.05) is 20.1 Å². The zero-order valence-corrected chi connectivity index (χ0v) is 14.4. The molecular weight excluding hydrogens is 323 g/mol. The van der Waals surface area contributed by atoms with E-state index in [-0.39, 0.29) is 17.9 Å². The van der Waals surface area contributed by atoms with Gasteiger partial charge in [-0.2, -0.15) is 0 Å². The van der Waals surface area contributed by atoms with Crippen molar-refractivity contribution in [2.24, 2.45) is 5.92 Å². The van der Waals surface area contributed by atoms with Gasteiger partial charge in [0.15, 0.2) is 0 Å². The highest BCUT2D eigenvalue weighted by Gasteiger charge is 2.27. The fraction of sp³-hybridized carbons (Fsp3) is 0.562. The molecule has 1 aromatic carbocycles. The van der Waals surface area contributed by atoms with Crippen LogP contribution in [-0.2, 0) is 11.3 Å². The second kappa shape index (κ2) is 7.64. The molecule has 0 radical (unpaired) electrons. The van der Waals surface area contributed by atoms with Crippen molar-refractivity contribution in [1.82, 2.24) is 9.80 Å². The first kappa shape index (κ1) is 17.5. The Balaban J connectivity index is 1.86. The molecule has 2 rings (SSSR count). The number of benzene rings is 1. The fourth-order valence-electron chi connectivity index (χ4n) is 2.71. The van der Waals surface area contributed by atoms with E-state index in [1.54, 1.807) is 24.1 Å². The van der Waals surface area contributed by atoms with E-state index >= 15 is 0 Å². The lowest BCUT2D eigenvalue weighted by atomic mass is 10.0. The maximum atomic E-state index is 12.3. The van der Waals surface area contributed by atoms with E-state index in [9.17, 15) is 9.90 Å². The Bertz CT molecular complexity index is 537. The van der Waals surface area contributed by atoms with Crippen molar-refractivity contribution < 1.29 is 9.90 Å². The summed E-state index contributed by atoms with van der Waals surface area (Å²) in [6.07, 6.45) is 0.635. The molecule has 0 spiro atoms. The number of halogens is 2. The molecule has 1 saturated heterocycles. The Morgan fingerprint density at radius 1 is 1.45 bits per heavy atom. The molecule has 1 aliphatic rings. The van der Waals surface area contributed by atoms with Crippen molar-refractivity contribution in [3.8, 4) is 0 Å². The molecule has 0 saturated carbocycles. The minimum atomic E-state index is -0.311. The van der Waals surface area contributed by atoms with Crippen LogP contribution in [0.4, 0.5) is 0 Å². The van der Waals surface area contributed by atoms with Crippen LogP contribution in [0.25, 0.3) is 0 Å². The summed E-state index contributed by atoms with van der Waals surface area (Å²) in [5.41, 5.74) is 0.952. The van der Waals surface area contributed by atoms with Gasteiger partial charge in [-0.25, -0.2) is 0 Å². The molecule has 2 unspecified atom stereocenters. The number of carbonyl (C=O) groups excluding carboxylic acids is 1. The average molecular weight is 345 g/mol.